The number of benzene rings is 3. The molecule has 0 aliphatic rings. The van der Waals surface area contributed by atoms with Gasteiger partial charge < -0.3 is 14.4 Å². The Kier molecular flexibility index (Phi) is 8.41. The van der Waals surface area contributed by atoms with Gasteiger partial charge in [-0.05, 0) is 79.1 Å². The fourth-order valence-electron chi connectivity index (χ4n) is 4.30. The molecule has 41 heavy (non-hydrogen) atoms. The van der Waals surface area contributed by atoms with Crippen LogP contribution in [0.25, 0.3) is 22.2 Å². The lowest BCUT2D eigenvalue weighted by Gasteiger charge is -2.09. The molecule has 0 aliphatic carbocycles. The SMILES string of the molecule is CS(=O)(=O)CCCCc1ccc(-c2ccc3ncn(O)c(=Nc4ccc(OCc5cccc(F)c5)c(Cl)c4)c3c2)o1. The average Bonchev–Trinajstić information content (AvgIpc) is 3.41. The molecule has 0 aliphatic heterocycles. The van der Waals surface area contributed by atoms with Crippen molar-refractivity contribution in [3.63, 3.8) is 0 Å². The summed E-state index contributed by atoms with van der Waals surface area (Å²) in [5.74, 6) is 1.62. The van der Waals surface area contributed by atoms with Crippen LogP contribution in [-0.4, -0.2) is 35.3 Å². The molecular weight excluding hydrogens is 569 g/mol. The maximum atomic E-state index is 13.4. The molecule has 2 aromatic heterocycles. The highest BCUT2D eigenvalue weighted by Crippen LogP contribution is 2.30. The first-order chi connectivity index (χ1) is 19.6. The van der Waals surface area contributed by atoms with Crippen molar-refractivity contribution in [1.82, 2.24) is 9.71 Å². The van der Waals surface area contributed by atoms with E-state index in [4.69, 9.17) is 20.8 Å². The maximum absolute atomic E-state index is 13.4. The van der Waals surface area contributed by atoms with E-state index in [9.17, 15) is 18.0 Å². The number of hydrogen-bond donors (Lipinski definition) is 1. The molecule has 11 heteroatoms. The molecule has 0 unspecified atom stereocenters. The Morgan fingerprint density at radius 1 is 1.07 bits per heavy atom. The number of fused-ring (bicyclic) bond motifs is 1. The van der Waals surface area contributed by atoms with Crippen molar-refractivity contribution in [2.45, 2.75) is 25.9 Å². The van der Waals surface area contributed by atoms with Gasteiger partial charge in [-0.2, -0.15) is 4.73 Å². The van der Waals surface area contributed by atoms with Crippen LogP contribution in [-0.2, 0) is 22.9 Å². The molecule has 0 saturated heterocycles. The number of ether oxygens (including phenoxy) is 1. The molecule has 0 radical (unpaired) electrons. The molecule has 0 atom stereocenters. The fraction of sp³-hybridized carbons (Fsp3) is 0.200. The molecule has 5 rings (SSSR count). The van der Waals surface area contributed by atoms with Crippen LogP contribution in [0.3, 0.4) is 0 Å². The van der Waals surface area contributed by atoms with Crippen LogP contribution in [0.5, 0.6) is 5.75 Å². The largest absolute Gasteiger partial charge is 0.487 e. The van der Waals surface area contributed by atoms with Crippen molar-refractivity contribution < 1.29 is 27.2 Å². The van der Waals surface area contributed by atoms with Gasteiger partial charge in [0.15, 0.2) is 5.49 Å². The predicted molar refractivity (Wildman–Crippen MR) is 155 cm³/mol. The molecule has 0 saturated carbocycles. The molecule has 0 spiro atoms. The normalized spacial score (nSPS) is 12.2. The van der Waals surface area contributed by atoms with E-state index in [1.165, 1.54) is 24.7 Å². The van der Waals surface area contributed by atoms with Gasteiger partial charge in [-0.15, -0.1) is 0 Å². The minimum absolute atomic E-state index is 0.150. The van der Waals surface area contributed by atoms with Crippen LogP contribution in [0, 0.1) is 5.82 Å². The van der Waals surface area contributed by atoms with Crippen molar-refractivity contribution in [2.75, 3.05) is 12.0 Å². The van der Waals surface area contributed by atoms with E-state index in [0.717, 1.165) is 16.1 Å². The Morgan fingerprint density at radius 3 is 2.71 bits per heavy atom. The van der Waals surface area contributed by atoms with E-state index in [0.29, 0.717) is 57.9 Å². The number of halogens is 2. The summed E-state index contributed by atoms with van der Waals surface area (Å²) in [6.45, 7) is 0.150. The molecule has 2 heterocycles. The smallest absolute Gasteiger partial charge is 0.179 e. The first kappa shape index (κ1) is 28.4. The monoisotopic (exact) mass is 595 g/mol. The number of hydrogen-bond acceptors (Lipinski definition) is 7. The number of sulfone groups is 1. The van der Waals surface area contributed by atoms with E-state index in [1.54, 1.807) is 30.3 Å². The highest BCUT2D eigenvalue weighted by Gasteiger charge is 2.11. The van der Waals surface area contributed by atoms with Crippen molar-refractivity contribution in [2.24, 2.45) is 4.99 Å². The van der Waals surface area contributed by atoms with Crippen molar-refractivity contribution in [1.29, 1.82) is 0 Å². The van der Waals surface area contributed by atoms with Gasteiger partial charge in [-0.25, -0.2) is 22.8 Å². The number of aryl methyl sites for hydroxylation is 1. The first-order valence-corrected chi connectivity index (χ1v) is 15.3. The van der Waals surface area contributed by atoms with Gasteiger partial charge in [0, 0.05) is 29.4 Å². The van der Waals surface area contributed by atoms with Crippen molar-refractivity contribution in [3.05, 3.63) is 107 Å². The second kappa shape index (κ2) is 12.2. The van der Waals surface area contributed by atoms with Crippen molar-refractivity contribution in [3.8, 4) is 17.1 Å². The summed E-state index contributed by atoms with van der Waals surface area (Å²) >= 11 is 6.44. The molecule has 0 amide bonds. The molecule has 8 nitrogen and oxygen atoms in total. The summed E-state index contributed by atoms with van der Waals surface area (Å²) < 4.78 is 48.7. The quantitative estimate of drug-likeness (QED) is 0.146. The third-order valence-corrected chi connectivity index (χ3v) is 7.65. The Bertz CT molecular complexity index is 1890. The number of rotatable bonds is 10. The van der Waals surface area contributed by atoms with Crippen LogP contribution in [0.15, 0.2) is 88.5 Å². The second-order valence-electron chi connectivity index (χ2n) is 9.64. The first-order valence-electron chi connectivity index (χ1n) is 12.8. The molecule has 0 bridgehead atoms. The minimum Gasteiger partial charge on any atom is -0.487 e. The van der Waals surface area contributed by atoms with Gasteiger partial charge >= 0.3 is 0 Å². The lowest BCUT2D eigenvalue weighted by molar-refractivity contribution is 0.170. The Balaban J connectivity index is 1.38. The Labute approximate surface area is 241 Å². The predicted octanol–water partition coefficient (Wildman–Crippen LogP) is 6.50. The average molecular weight is 596 g/mol. The zero-order chi connectivity index (χ0) is 29.0. The van der Waals surface area contributed by atoms with Gasteiger partial charge in [-0.3, -0.25) is 0 Å². The summed E-state index contributed by atoms with van der Waals surface area (Å²) in [4.78, 5) is 8.90. The Morgan fingerprint density at radius 2 is 1.93 bits per heavy atom. The maximum Gasteiger partial charge on any atom is 0.179 e. The summed E-state index contributed by atoms with van der Waals surface area (Å²) in [6.07, 6.45) is 4.40. The van der Waals surface area contributed by atoms with Gasteiger partial charge in [0.1, 0.15) is 45.9 Å². The molecule has 212 valence electrons. The van der Waals surface area contributed by atoms with E-state index in [1.807, 2.05) is 30.3 Å². The van der Waals surface area contributed by atoms with E-state index < -0.39 is 9.84 Å². The number of aromatic nitrogens is 2. The molecule has 5 aromatic rings. The second-order valence-corrected chi connectivity index (χ2v) is 12.3. The molecular formula is C30H27ClFN3O5S. The van der Waals surface area contributed by atoms with Crippen LogP contribution >= 0.6 is 11.6 Å². The summed E-state index contributed by atoms with van der Waals surface area (Å²) in [6, 6.07) is 20.4. The van der Waals surface area contributed by atoms with Gasteiger partial charge in [-0.1, -0.05) is 23.7 Å². The lowest BCUT2D eigenvalue weighted by Crippen LogP contribution is -2.19. The standard InChI is InChI=1S/C30H27ClFN3O5S/c1-41(37,38)14-3-2-7-24-10-13-28(40-24)21-8-11-27-25(16-21)30(35(36)19-33-27)34-23-9-12-29(26(31)17-23)39-18-20-5-4-6-22(32)15-20/h4-6,8-13,15-17,19,36H,2-3,7,14,18H2,1H3. The zero-order valence-electron chi connectivity index (χ0n) is 22.1. The fourth-order valence-corrected chi connectivity index (χ4v) is 5.26. The zero-order valence-corrected chi connectivity index (χ0v) is 23.7. The highest BCUT2D eigenvalue weighted by molar-refractivity contribution is 7.90. The van der Waals surface area contributed by atoms with Crippen LogP contribution < -0.4 is 10.2 Å². The number of unbranched alkanes of at least 4 members (excludes halogenated alkanes) is 1. The number of furan rings is 1. The summed E-state index contributed by atoms with van der Waals surface area (Å²) in [5, 5.41) is 11.5. The Hall–Kier alpha value is -4.15. The van der Waals surface area contributed by atoms with Gasteiger partial charge in [0.25, 0.3) is 0 Å². The topological polar surface area (TPSA) is 107 Å². The lowest BCUT2D eigenvalue weighted by atomic mass is 10.1. The number of nitrogens with zero attached hydrogens (tertiary/aromatic N) is 3. The van der Waals surface area contributed by atoms with E-state index >= 15 is 0 Å². The summed E-state index contributed by atoms with van der Waals surface area (Å²) in [7, 11) is -2.98. The molecule has 3 aromatic carbocycles. The van der Waals surface area contributed by atoms with Crippen molar-refractivity contribution >= 4 is 38.0 Å². The molecule has 1 N–H and O–H groups in total. The van der Waals surface area contributed by atoms with E-state index in [-0.39, 0.29) is 23.7 Å². The minimum atomic E-state index is -2.98. The van der Waals surface area contributed by atoms with Gasteiger partial charge in [0.2, 0.25) is 0 Å². The van der Waals surface area contributed by atoms with Gasteiger partial charge in [0.05, 0.1) is 16.2 Å². The highest BCUT2D eigenvalue weighted by atomic mass is 35.5. The molecule has 0 fully saturated rings. The van der Waals surface area contributed by atoms with Crippen LogP contribution in [0.4, 0.5) is 10.1 Å². The third-order valence-electron chi connectivity index (χ3n) is 6.33. The van der Waals surface area contributed by atoms with Crippen LogP contribution in [0.2, 0.25) is 5.02 Å². The third kappa shape index (κ3) is 7.33. The van der Waals surface area contributed by atoms with Crippen LogP contribution in [0.1, 0.15) is 24.2 Å². The van der Waals surface area contributed by atoms with E-state index in [2.05, 4.69) is 9.98 Å². The summed E-state index contributed by atoms with van der Waals surface area (Å²) in [5.41, 5.74) is 2.78.